The van der Waals surface area contributed by atoms with E-state index in [1.807, 2.05) is 19.1 Å². The summed E-state index contributed by atoms with van der Waals surface area (Å²) in [7, 11) is 0. The van der Waals surface area contributed by atoms with Crippen LogP contribution in [0.2, 0.25) is 0 Å². The van der Waals surface area contributed by atoms with Gasteiger partial charge in [-0.2, -0.15) is 4.98 Å². The van der Waals surface area contributed by atoms with Crippen molar-refractivity contribution in [3.05, 3.63) is 18.0 Å². The molecule has 0 fully saturated rings. The van der Waals surface area contributed by atoms with E-state index in [0.29, 0.717) is 12.5 Å². The van der Waals surface area contributed by atoms with Gasteiger partial charge in [0.25, 0.3) is 0 Å². The minimum atomic E-state index is 0.219. The molecule has 0 spiro atoms. The molecule has 2 aromatic rings. The first-order chi connectivity index (χ1) is 7.98. The Hall–Kier alpha value is -1.58. The molecule has 2 aromatic heterocycles. The Labute approximate surface area is 101 Å². The summed E-state index contributed by atoms with van der Waals surface area (Å²) in [4.78, 5) is 12.1. The molecule has 0 amide bonds. The van der Waals surface area contributed by atoms with E-state index in [4.69, 9.17) is 4.74 Å². The number of ether oxygens (including phenoxy) is 1. The van der Waals surface area contributed by atoms with Crippen LogP contribution < -0.4 is 4.74 Å². The summed E-state index contributed by atoms with van der Waals surface area (Å²) < 4.78 is 5.36. The predicted molar refractivity (Wildman–Crippen MR) is 68.2 cm³/mol. The average molecular weight is 233 g/mol. The van der Waals surface area contributed by atoms with E-state index >= 15 is 0 Å². The molecule has 17 heavy (non-hydrogen) atoms. The smallest absolute Gasteiger partial charge is 0.215 e. The fourth-order valence-electron chi connectivity index (χ4n) is 1.74. The maximum absolute atomic E-state index is 5.36. The van der Waals surface area contributed by atoms with Crippen molar-refractivity contribution in [3.8, 4) is 5.88 Å². The van der Waals surface area contributed by atoms with Crippen molar-refractivity contribution in [1.29, 1.82) is 0 Å². The Kier molecular flexibility index (Phi) is 3.05. The van der Waals surface area contributed by atoms with Crippen LogP contribution in [0.25, 0.3) is 11.2 Å². The van der Waals surface area contributed by atoms with Crippen molar-refractivity contribution in [3.63, 3.8) is 0 Å². The molecule has 0 atom stereocenters. The summed E-state index contributed by atoms with van der Waals surface area (Å²) in [5.74, 6) is 1.61. The second-order valence-electron chi connectivity index (χ2n) is 5.37. The molecular formula is C13H19N3O. The van der Waals surface area contributed by atoms with Gasteiger partial charge in [-0.05, 0) is 18.4 Å². The summed E-state index contributed by atoms with van der Waals surface area (Å²) >= 11 is 0. The third-order valence-corrected chi connectivity index (χ3v) is 2.36. The van der Waals surface area contributed by atoms with Crippen LogP contribution in [0.1, 0.15) is 33.5 Å². The molecule has 0 unspecified atom stereocenters. The molecule has 0 saturated carbocycles. The van der Waals surface area contributed by atoms with Crippen molar-refractivity contribution >= 4 is 11.2 Å². The monoisotopic (exact) mass is 233 g/mol. The van der Waals surface area contributed by atoms with Crippen molar-refractivity contribution in [2.24, 2.45) is 5.41 Å². The molecule has 0 aliphatic heterocycles. The number of rotatable bonds is 3. The van der Waals surface area contributed by atoms with E-state index in [1.54, 1.807) is 0 Å². The van der Waals surface area contributed by atoms with Crippen molar-refractivity contribution in [1.82, 2.24) is 15.0 Å². The van der Waals surface area contributed by atoms with Gasteiger partial charge in [0.05, 0.1) is 12.1 Å². The van der Waals surface area contributed by atoms with Crippen molar-refractivity contribution in [2.75, 3.05) is 6.61 Å². The van der Waals surface area contributed by atoms with Gasteiger partial charge >= 0.3 is 0 Å². The van der Waals surface area contributed by atoms with Crippen LogP contribution in [0.4, 0.5) is 0 Å². The average Bonchev–Trinajstić information content (AvgIpc) is 2.56. The van der Waals surface area contributed by atoms with Crippen LogP contribution in [0, 0.1) is 5.41 Å². The maximum atomic E-state index is 5.36. The summed E-state index contributed by atoms with van der Waals surface area (Å²) in [5.41, 5.74) is 1.92. The van der Waals surface area contributed by atoms with E-state index in [1.165, 1.54) is 0 Å². The molecule has 92 valence electrons. The summed E-state index contributed by atoms with van der Waals surface area (Å²) in [6.45, 7) is 9.15. The van der Waals surface area contributed by atoms with E-state index in [9.17, 15) is 0 Å². The van der Waals surface area contributed by atoms with Gasteiger partial charge in [0.2, 0.25) is 5.88 Å². The van der Waals surface area contributed by atoms with Gasteiger partial charge in [0.15, 0.2) is 5.65 Å². The Morgan fingerprint density at radius 1 is 1.24 bits per heavy atom. The number of nitrogens with one attached hydrogen (secondary N) is 1. The lowest BCUT2D eigenvalue weighted by Crippen LogP contribution is -2.10. The van der Waals surface area contributed by atoms with Crippen LogP contribution >= 0.6 is 0 Å². The number of aromatic amines is 1. The minimum Gasteiger partial charge on any atom is -0.478 e. The number of aromatic nitrogens is 3. The SMILES string of the molecule is CCOc1ccc2[nH]c(CC(C)(C)C)nc2n1. The van der Waals surface area contributed by atoms with Gasteiger partial charge in [0, 0.05) is 12.5 Å². The number of fused-ring (bicyclic) bond motifs is 1. The molecular weight excluding hydrogens is 214 g/mol. The molecule has 0 aliphatic carbocycles. The van der Waals surface area contributed by atoms with Crippen LogP contribution in [-0.4, -0.2) is 21.6 Å². The number of H-pyrrole nitrogens is 1. The second-order valence-corrected chi connectivity index (χ2v) is 5.37. The first kappa shape index (κ1) is 11.9. The zero-order valence-electron chi connectivity index (χ0n) is 10.9. The topological polar surface area (TPSA) is 50.8 Å². The number of hydrogen-bond acceptors (Lipinski definition) is 3. The maximum Gasteiger partial charge on any atom is 0.215 e. The van der Waals surface area contributed by atoms with Crippen LogP contribution in [0.5, 0.6) is 5.88 Å². The van der Waals surface area contributed by atoms with E-state index in [-0.39, 0.29) is 5.41 Å². The molecule has 0 radical (unpaired) electrons. The van der Waals surface area contributed by atoms with Gasteiger partial charge in [-0.1, -0.05) is 20.8 Å². The highest BCUT2D eigenvalue weighted by molar-refractivity contribution is 5.71. The summed E-state index contributed by atoms with van der Waals surface area (Å²) in [6, 6.07) is 3.83. The van der Waals surface area contributed by atoms with Crippen molar-refractivity contribution < 1.29 is 4.74 Å². The first-order valence-electron chi connectivity index (χ1n) is 5.96. The van der Waals surface area contributed by atoms with Gasteiger partial charge in [-0.25, -0.2) is 4.98 Å². The molecule has 1 N–H and O–H groups in total. The standard InChI is InChI=1S/C13H19N3O/c1-5-17-11-7-6-9-12(16-11)15-10(14-9)8-13(2,3)4/h6-7H,5,8H2,1-4H3,(H,14,15,16). The lowest BCUT2D eigenvalue weighted by Gasteiger charge is -2.15. The van der Waals surface area contributed by atoms with Gasteiger partial charge in [0.1, 0.15) is 5.82 Å². The molecule has 4 heteroatoms. The highest BCUT2D eigenvalue weighted by Gasteiger charge is 2.14. The second kappa shape index (κ2) is 4.35. The quantitative estimate of drug-likeness (QED) is 0.886. The Bertz CT molecular complexity index is 511. The first-order valence-corrected chi connectivity index (χ1v) is 5.96. The lowest BCUT2D eigenvalue weighted by molar-refractivity contribution is 0.328. The third kappa shape index (κ3) is 2.96. The largest absolute Gasteiger partial charge is 0.478 e. The molecule has 2 heterocycles. The molecule has 2 rings (SSSR count). The van der Waals surface area contributed by atoms with E-state index in [0.717, 1.165) is 23.4 Å². The number of imidazole rings is 1. The Morgan fingerprint density at radius 3 is 2.65 bits per heavy atom. The fraction of sp³-hybridized carbons (Fsp3) is 0.538. The summed E-state index contributed by atoms with van der Waals surface area (Å²) in [5, 5.41) is 0. The van der Waals surface area contributed by atoms with E-state index < -0.39 is 0 Å². The van der Waals surface area contributed by atoms with E-state index in [2.05, 4.69) is 35.7 Å². The van der Waals surface area contributed by atoms with Crippen LogP contribution in [0.15, 0.2) is 12.1 Å². The highest BCUT2D eigenvalue weighted by Crippen LogP contribution is 2.21. The molecule has 4 nitrogen and oxygen atoms in total. The van der Waals surface area contributed by atoms with Crippen LogP contribution in [-0.2, 0) is 6.42 Å². The fourth-order valence-corrected chi connectivity index (χ4v) is 1.74. The number of hydrogen-bond donors (Lipinski definition) is 1. The highest BCUT2D eigenvalue weighted by atomic mass is 16.5. The van der Waals surface area contributed by atoms with Crippen LogP contribution in [0.3, 0.4) is 0 Å². The number of nitrogens with zero attached hydrogens (tertiary/aromatic N) is 2. The summed E-state index contributed by atoms with van der Waals surface area (Å²) in [6.07, 6.45) is 0.910. The third-order valence-electron chi connectivity index (χ3n) is 2.36. The van der Waals surface area contributed by atoms with Gasteiger partial charge in [-0.15, -0.1) is 0 Å². The lowest BCUT2D eigenvalue weighted by atomic mass is 9.92. The zero-order chi connectivity index (χ0) is 12.5. The Balaban J connectivity index is 2.30. The van der Waals surface area contributed by atoms with Gasteiger partial charge < -0.3 is 9.72 Å². The minimum absolute atomic E-state index is 0.219. The predicted octanol–water partition coefficient (Wildman–Crippen LogP) is 2.95. The molecule has 0 bridgehead atoms. The molecule has 0 aromatic carbocycles. The molecule has 0 saturated heterocycles. The normalized spacial score (nSPS) is 12.0. The zero-order valence-corrected chi connectivity index (χ0v) is 10.9. The Morgan fingerprint density at radius 2 is 2.00 bits per heavy atom. The number of pyridine rings is 1. The van der Waals surface area contributed by atoms with Crippen molar-refractivity contribution in [2.45, 2.75) is 34.1 Å². The van der Waals surface area contributed by atoms with Gasteiger partial charge in [-0.3, -0.25) is 0 Å². The molecule has 0 aliphatic rings.